The van der Waals surface area contributed by atoms with Crippen LogP contribution in [0.15, 0.2) is 28.7 Å². The number of rotatable bonds is 2. The first kappa shape index (κ1) is 12.4. The molecule has 1 aromatic rings. The van der Waals surface area contributed by atoms with E-state index >= 15 is 0 Å². The second kappa shape index (κ2) is 5.98. The van der Waals surface area contributed by atoms with E-state index in [1.165, 1.54) is 0 Å². The quantitative estimate of drug-likeness (QED) is 0.890. The molecule has 70 valence electrons. The minimum atomic E-state index is -0.164. The molecule has 0 unspecified atom stereocenters. The van der Waals surface area contributed by atoms with E-state index in [9.17, 15) is 0 Å². The van der Waals surface area contributed by atoms with Gasteiger partial charge in [-0.15, -0.1) is 12.4 Å². The molecule has 13 heavy (non-hydrogen) atoms. The van der Waals surface area contributed by atoms with Crippen LogP contribution in [0, 0.1) is 11.3 Å². The Morgan fingerprint density at radius 2 is 1.92 bits per heavy atom. The van der Waals surface area contributed by atoms with Crippen LogP contribution in [0.25, 0.3) is 0 Å². The molecule has 0 bridgehead atoms. The lowest BCUT2D eigenvalue weighted by molar-refractivity contribution is 0.748. The molecule has 0 saturated carbocycles. The van der Waals surface area contributed by atoms with Gasteiger partial charge in [0.05, 0.1) is 12.5 Å². The second-order valence-electron chi connectivity index (χ2n) is 2.52. The Labute approximate surface area is 92.3 Å². The van der Waals surface area contributed by atoms with Crippen molar-refractivity contribution in [3.8, 4) is 6.07 Å². The SMILES string of the molecule is Cl.N#CC[C@H](N)c1ccc(Br)cc1. The van der Waals surface area contributed by atoms with Crippen LogP contribution >= 0.6 is 28.3 Å². The third kappa shape index (κ3) is 3.77. The van der Waals surface area contributed by atoms with E-state index in [0.29, 0.717) is 6.42 Å². The average molecular weight is 262 g/mol. The Morgan fingerprint density at radius 1 is 1.38 bits per heavy atom. The minimum Gasteiger partial charge on any atom is -0.323 e. The molecule has 0 aliphatic carbocycles. The predicted molar refractivity (Wildman–Crippen MR) is 58.5 cm³/mol. The molecule has 1 atom stereocenters. The summed E-state index contributed by atoms with van der Waals surface area (Å²) in [6.45, 7) is 0. The monoisotopic (exact) mass is 260 g/mol. The van der Waals surface area contributed by atoms with Crippen molar-refractivity contribution in [3.63, 3.8) is 0 Å². The second-order valence-corrected chi connectivity index (χ2v) is 3.44. The third-order valence-corrected chi connectivity index (χ3v) is 2.14. The van der Waals surface area contributed by atoms with Crippen molar-refractivity contribution in [3.05, 3.63) is 34.3 Å². The summed E-state index contributed by atoms with van der Waals surface area (Å²) in [5, 5.41) is 8.41. The van der Waals surface area contributed by atoms with Gasteiger partial charge in [0.15, 0.2) is 0 Å². The van der Waals surface area contributed by atoms with E-state index in [-0.39, 0.29) is 18.4 Å². The van der Waals surface area contributed by atoms with Gasteiger partial charge in [0, 0.05) is 10.5 Å². The molecule has 0 amide bonds. The molecule has 0 aliphatic heterocycles. The molecule has 0 aliphatic rings. The van der Waals surface area contributed by atoms with Crippen LogP contribution in [0.5, 0.6) is 0 Å². The smallest absolute Gasteiger partial charge is 0.0641 e. The Balaban J connectivity index is 0.00000144. The lowest BCUT2D eigenvalue weighted by Crippen LogP contribution is -2.08. The molecule has 0 spiro atoms. The normalized spacial score (nSPS) is 11.2. The zero-order valence-electron chi connectivity index (χ0n) is 6.90. The lowest BCUT2D eigenvalue weighted by atomic mass is 10.1. The van der Waals surface area contributed by atoms with Crippen LogP contribution in [0.2, 0.25) is 0 Å². The fourth-order valence-corrected chi connectivity index (χ4v) is 1.19. The molecule has 1 rings (SSSR count). The van der Waals surface area contributed by atoms with Crippen molar-refractivity contribution in [2.24, 2.45) is 5.73 Å². The number of halogens is 2. The van der Waals surface area contributed by atoms with E-state index < -0.39 is 0 Å². The maximum absolute atomic E-state index is 8.41. The van der Waals surface area contributed by atoms with Crippen LogP contribution in [-0.4, -0.2) is 0 Å². The average Bonchev–Trinajstić information content (AvgIpc) is 2.06. The highest BCUT2D eigenvalue weighted by Gasteiger charge is 2.03. The predicted octanol–water partition coefficient (Wildman–Crippen LogP) is 2.78. The standard InChI is InChI=1S/C9H9BrN2.ClH/c10-8-3-1-7(2-4-8)9(12)5-6-11;/h1-4,9H,5,12H2;1H/t9-;/m0./s1. The molecule has 0 heterocycles. The summed E-state index contributed by atoms with van der Waals surface area (Å²) in [7, 11) is 0. The van der Waals surface area contributed by atoms with Gasteiger partial charge in [-0.1, -0.05) is 28.1 Å². The Bertz CT molecular complexity index is 291. The molecule has 0 fully saturated rings. The summed E-state index contributed by atoms with van der Waals surface area (Å²) >= 11 is 3.33. The van der Waals surface area contributed by atoms with Gasteiger partial charge in [0.2, 0.25) is 0 Å². The van der Waals surface area contributed by atoms with Gasteiger partial charge >= 0.3 is 0 Å². The third-order valence-electron chi connectivity index (χ3n) is 1.61. The molecular weight excluding hydrogens is 251 g/mol. The highest BCUT2D eigenvalue weighted by Crippen LogP contribution is 2.16. The van der Waals surface area contributed by atoms with Gasteiger partial charge in [-0.2, -0.15) is 5.26 Å². The first-order valence-corrected chi connectivity index (χ1v) is 4.41. The van der Waals surface area contributed by atoms with Gasteiger partial charge < -0.3 is 5.73 Å². The molecule has 0 saturated heterocycles. The first-order valence-electron chi connectivity index (χ1n) is 3.62. The van der Waals surface area contributed by atoms with Gasteiger partial charge in [0.1, 0.15) is 0 Å². The molecule has 4 heteroatoms. The molecule has 0 radical (unpaired) electrons. The number of benzene rings is 1. The molecule has 1 aromatic carbocycles. The minimum absolute atomic E-state index is 0. The van der Waals surface area contributed by atoms with Crippen LogP contribution < -0.4 is 5.73 Å². The summed E-state index contributed by atoms with van der Waals surface area (Å²) in [6.07, 6.45) is 0.363. The van der Waals surface area contributed by atoms with Crippen molar-refractivity contribution in [1.29, 1.82) is 5.26 Å². The van der Waals surface area contributed by atoms with Crippen molar-refractivity contribution < 1.29 is 0 Å². The summed E-state index contributed by atoms with van der Waals surface area (Å²) in [5.74, 6) is 0. The largest absolute Gasteiger partial charge is 0.323 e. The van der Waals surface area contributed by atoms with Gasteiger partial charge in [-0.05, 0) is 17.7 Å². The highest BCUT2D eigenvalue weighted by atomic mass is 79.9. The van der Waals surface area contributed by atoms with Crippen LogP contribution in [0.3, 0.4) is 0 Å². The number of hydrogen-bond donors (Lipinski definition) is 1. The van der Waals surface area contributed by atoms with E-state index in [2.05, 4.69) is 15.9 Å². The number of nitriles is 1. The van der Waals surface area contributed by atoms with Gasteiger partial charge in [-0.3, -0.25) is 0 Å². The molecule has 2 N–H and O–H groups in total. The molecular formula is C9H10BrClN2. The van der Waals surface area contributed by atoms with Crippen molar-refractivity contribution in [2.75, 3.05) is 0 Å². The summed E-state index contributed by atoms with van der Waals surface area (Å²) in [5.41, 5.74) is 6.72. The summed E-state index contributed by atoms with van der Waals surface area (Å²) < 4.78 is 1.02. The van der Waals surface area contributed by atoms with Gasteiger partial charge in [0.25, 0.3) is 0 Å². The summed E-state index contributed by atoms with van der Waals surface area (Å²) in [4.78, 5) is 0. The number of nitrogens with two attached hydrogens (primary N) is 1. The van der Waals surface area contributed by atoms with E-state index in [0.717, 1.165) is 10.0 Å². The highest BCUT2D eigenvalue weighted by molar-refractivity contribution is 9.10. The maximum atomic E-state index is 8.41. The topological polar surface area (TPSA) is 49.8 Å². The van der Waals surface area contributed by atoms with Crippen molar-refractivity contribution in [2.45, 2.75) is 12.5 Å². The Hall–Kier alpha value is -0.560. The zero-order chi connectivity index (χ0) is 8.97. The van der Waals surface area contributed by atoms with Crippen molar-refractivity contribution >= 4 is 28.3 Å². The van der Waals surface area contributed by atoms with E-state index in [1.807, 2.05) is 30.3 Å². The fraction of sp³-hybridized carbons (Fsp3) is 0.222. The summed E-state index contributed by atoms with van der Waals surface area (Å²) in [6, 6.07) is 9.57. The number of hydrogen-bond acceptors (Lipinski definition) is 2. The van der Waals surface area contributed by atoms with Crippen LogP contribution in [0.1, 0.15) is 18.0 Å². The Kier molecular flexibility index (Phi) is 5.72. The maximum Gasteiger partial charge on any atom is 0.0641 e. The van der Waals surface area contributed by atoms with Crippen LogP contribution in [-0.2, 0) is 0 Å². The molecule has 0 aromatic heterocycles. The fourth-order valence-electron chi connectivity index (χ4n) is 0.926. The zero-order valence-corrected chi connectivity index (χ0v) is 9.31. The lowest BCUT2D eigenvalue weighted by Gasteiger charge is -2.06. The van der Waals surface area contributed by atoms with Crippen LogP contribution in [0.4, 0.5) is 0 Å². The van der Waals surface area contributed by atoms with E-state index in [4.69, 9.17) is 11.0 Å². The molecule has 2 nitrogen and oxygen atoms in total. The first-order chi connectivity index (χ1) is 5.74. The number of nitrogens with zero attached hydrogens (tertiary/aromatic N) is 1. The van der Waals surface area contributed by atoms with Gasteiger partial charge in [-0.25, -0.2) is 0 Å². The van der Waals surface area contributed by atoms with Crippen molar-refractivity contribution in [1.82, 2.24) is 0 Å². The Morgan fingerprint density at radius 3 is 2.38 bits per heavy atom. The van der Waals surface area contributed by atoms with E-state index in [1.54, 1.807) is 0 Å².